The SMILES string of the molecule is O=[N+]([O-])c1nc(Br)n(CC2(CS)CCCC2)n1. The lowest BCUT2D eigenvalue weighted by atomic mass is 9.89. The molecule has 0 unspecified atom stereocenters. The Morgan fingerprint density at radius 1 is 1.53 bits per heavy atom. The van der Waals surface area contributed by atoms with Crippen LogP contribution >= 0.6 is 28.6 Å². The molecular weight excluding hydrogens is 308 g/mol. The molecule has 2 rings (SSSR count). The Balaban J connectivity index is 2.20. The number of rotatable bonds is 4. The van der Waals surface area contributed by atoms with Gasteiger partial charge in [0, 0.05) is 26.4 Å². The van der Waals surface area contributed by atoms with E-state index in [-0.39, 0.29) is 11.4 Å². The predicted octanol–water partition coefficient (Wildman–Crippen LogP) is 2.44. The van der Waals surface area contributed by atoms with Crippen LogP contribution in [0.4, 0.5) is 5.95 Å². The van der Waals surface area contributed by atoms with E-state index in [0.717, 1.165) is 18.6 Å². The normalized spacial score (nSPS) is 18.5. The zero-order valence-electron chi connectivity index (χ0n) is 9.17. The first kappa shape index (κ1) is 12.8. The molecule has 0 amide bonds. The first-order valence-corrected chi connectivity index (χ1v) is 6.84. The summed E-state index contributed by atoms with van der Waals surface area (Å²) in [5.74, 6) is 0.414. The minimum atomic E-state index is -0.580. The van der Waals surface area contributed by atoms with Gasteiger partial charge in [0.15, 0.2) is 0 Å². The van der Waals surface area contributed by atoms with Crippen molar-refractivity contribution in [1.29, 1.82) is 0 Å². The van der Waals surface area contributed by atoms with E-state index in [0.29, 0.717) is 11.3 Å². The monoisotopic (exact) mass is 320 g/mol. The van der Waals surface area contributed by atoms with Crippen molar-refractivity contribution < 1.29 is 4.92 Å². The lowest BCUT2D eigenvalue weighted by molar-refractivity contribution is -0.394. The third kappa shape index (κ3) is 2.62. The summed E-state index contributed by atoms with van der Waals surface area (Å²) < 4.78 is 1.98. The van der Waals surface area contributed by atoms with Crippen LogP contribution in [-0.4, -0.2) is 25.4 Å². The van der Waals surface area contributed by atoms with Gasteiger partial charge in [-0.05, 0) is 28.5 Å². The van der Waals surface area contributed by atoms with Gasteiger partial charge in [-0.3, -0.25) is 0 Å². The van der Waals surface area contributed by atoms with E-state index in [2.05, 4.69) is 38.6 Å². The second-order valence-corrected chi connectivity index (χ2v) is 5.49. The van der Waals surface area contributed by atoms with E-state index >= 15 is 0 Å². The van der Waals surface area contributed by atoms with Crippen LogP contribution in [0, 0.1) is 15.5 Å². The third-order valence-corrected chi connectivity index (χ3v) is 4.52. The summed E-state index contributed by atoms with van der Waals surface area (Å²) in [4.78, 5) is 13.8. The van der Waals surface area contributed by atoms with Gasteiger partial charge < -0.3 is 10.1 Å². The van der Waals surface area contributed by atoms with Crippen LogP contribution < -0.4 is 0 Å². The molecule has 6 nitrogen and oxygen atoms in total. The van der Waals surface area contributed by atoms with Gasteiger partial charge in [0.1, 0.15) is 0 Å². The molecule has 0 bridgehead atoms. The van der Waals surface area contributed by atoms with Crippen molar-refractivity contribution >= 4 is 34.5 Å². The Kier molecular flexibility index (Phi) is 3.72. The molecule has 0 aliphatic heterocycles. The van der Waals surface area contributed by atoms with Gasteiger partial charge in [0.05, 0.1) is 6.54 Å². The van der Waals surface area contributed by atoms with Crippen molar-refractivity contribution in [2.24, 2.45) is 5.41 Å². The van der Waals surface area contributed by atoms with Crippen molar-refractivity contribution in [2.75, 3.05) is 5.75 Å². The van der Waals surface area contributed by atoms with E-state index in [4.69, 9.17) is 0 Å². The van der Waals surface area contributed by atoms with E-state index < -0.39 is 4.92 Å². The molecule has 8 heteroatoms. The van der Waals surface area contributed by atoms with Crippen LogP contribution in [0.3, 0.4) is 0 Å². The molecule has 0 saturated heterocycles. The van der Waals surface area contributed by atoms with Crippen molar-refractivity contribution in [2.45, 2.75) is 32.2 Å². The first-order valence-electron chi connectivity index (χ1n) is 5.42. The number of nitro groups is 1. The van der Waals surface area contributed by atoms with Crippen molar-refractivity contribution in [1.82, 2.24) is 14.8 Å². The van der Waals surface area contributed by atoms with Crippen LogP contribution in [0.15, 0.2) is 4.73 Å². The highest BCUT2D eigenvalue weighted by Crippen LogP contribution is 2.40. The lowest BCUT2D eigenvalue weighted by Crippen LogP contribution is -2.26. The summed E-state index contributed by atoms with van der Waals surface area (Å²) in [6, 6.07) is 0. The van der Waals surface area contributed by atoms with Gasteiger partial charge >= 0.3 is 5.95 Å². The summed E-state index contributed by atoms with van der Waals surface area (Å²) in [6.07, 6.45) is 4.57. The molecule has 1 saturated carbocycles. The molecule has 94 valence electrons. The molecule has 0 atom stereocenters. The van der Waals surface area contributed by atoms with Crippen LogP contribution in [0.5, 0.6) is 0 Å². The second kappa shape index (κ2) is 4.93. The molecule has 1 aromatic heterocycles. The Bertz CT molecular complexity index is 431. The molecule has 0 N–H and O–H groups in total. The zero-order valence-corrected chi connectivity index (χ0v) is 11.7. The molecular formula is C9H13BrN4O2S. The number of thiol groups is 1. The van der Waals surface area contributed by atoms with Crippen LogP contribution in [0.25, 0.3) is 0 Å². The fourth-order valence-corrected chi connectivity index (χ4v) is 3.08. The number of aromatic nitrogens is 3. The van der Waals surface area contributed by atoms with Crippen molar-refractivity contribution in [3.8, 4) is 0 Å². The summed E-state index contributed by atoms with van der Waals surface area (Å²) in [5.41, 5.74) is 0.104. The number of halogens is 1. The number of hydrogen-bond donors (Lipinski definition) is 1. The Labute approximate surface area is 112 Å². The summed E-state index contributed by atoms with van der Waals surface area (Å²) in [5, 5.41) is 14.5. The average Bonchev–Trinajstić information content (AvgIpc) is 2.88. The quantitative estimate of drug-likeness (QED) is 0.525. The fourth-order valence-electron chi connectivity index (χ4n) is 2.30. The largest absolute Gasteiger partial charge is 0.492 e. The van der Waals surface area contributed by atoms with Gasteiger partial charge in [-0.15, -0.1) is 0 Å². The lowest BCUT2D eigenvalue weighted by Gasteiger charge is -2.25. The summed E-state index contributed by atoms with van der Waals surface area (Å²) in [7, 11) is 0. The second-order valence-electron chi connectivity index (χ2n) is 4.46. The van der Waals surface area contributed by atoms with E-state index in [1.807, 2.05) is 0 Å². The highest BCUT2D eigenvalue weighted by Gasteiger charge is 2.35. The predicted molar refractivity (Wildman–Crippen MR) is 69.1 cm³/mol. The maximum absolute atomic E-state index is 10.6. The molecule has 1 heterocycles. The highest BCUT2D eigenvalue weighted by molar-refractivity contribution is 9.10. The molecule has 0 radical (unpaired) electrons. The van der Waals surface area contributed by atoms with Gasteiger partial charge in [0.25, 0.3) is 4.73 Å². The smallest absolute Gasteiger partial charge is 0.390 e. The summed E-state index contributed by atoms with van der Waals surface area (Å²) >= 11 is 7.61. The van der Waals surface area contributed by atoms with Gasteiger partial charge in [0.2, 0.25) is 0 Å². The summed E-state index contributed by atoms with van der Waals surface area (Å²) in [6.45, 7) is 0.637. The fraction of sp³-hybridized carbons (Fsp3) is 0.778. The van der Waals surface area contributed by atoms with Crippen LogP contribution in [0.1, 0.15) is 25.7 Å². The topological polar surface area (TPSA) is 73.8 Å². The van der Waals surface area contributed by atoms with Crippen molar-refractivity contribution in [3.05, 3.63) is 14.8 Å². The molecule has 0 aromatic carbocycles. The maximum atomic E-state index is 10.6. The highest BCUT2D eigenvalue weighted by atomic mass is 79.9. The molecule has 17 heavy (non-hydrogen) atoms. The molecule has 1 aliphatic carbocycles. The van der Waals surface area contributed by atoms with Crippen molar-refractivity contribution in [3.63, 3.8) is 0 Å². The Hall–Kier alpha value is -0.630. The Morgan fingerprint density at radius 2 is 2.18 bits per heavy atom. The number of hydrogen-bond acceptors (Lipinski definition) is 5. The van der Waals surface area contributed by atoms with Gasteiger partial charge in [-0.1, -0.05) is 12.8 Å². The molecule has 1 fully saturated rings. The molecule has 1 aliphatic rings. The Morgan fingerprint density at radius 3 is 2.65 bits per heavy atom. The minimum absolute atomic E-state index is 0.104. The maximum Gasteiger partial charge on any atom is 0.492 e. The molecule has 1 aromatic rings. The van der Waals surface area contributed by atoms with E-state index in [1.54, 1.807) is 4.68 Å². The third-order valence-electron chi connectivity index (χ3n) is 3.26. The van der Waals surface area contributed by atoms with Gasteiger partial charge in [-0.2, -0.15) is 17.3 Å². The first-order chi connectivity index (χ1) is 8.06. The van der Waals surface area contributed by atoms with Crippen LogP contribution in [-0.2, 0) is 6.54 Å². The number of nitrogens with zero attached hydrogens (tertiary/aromatic N) is 4. The van der Waals surface area contributed by atoms with Crippen LogP contribution in [0.2, 0.25) is 0 Å². The van der Waals surface area contributed by atoms with E-state index in [9.17, 15) is 10.1 Å². The minimum Gasteiger partial charge on any atom is -0.390 e. The zero-order chi connectivity index (χ0) is 12.5. The van der Waals surface area contributed by atoms with Gasteiger partial charge in [-0.25, -0.2) is 0 Å². The molecule has 0 spiro atoms. The standard InChI is InChI=1S/C9H13BrN4O2S/c10-7-11-8(14(15)16)12-13(7)5-9(6-17)3-1-2-4-9/h17H,1-6H2. The van der Waals surface area contributed by atoms with E-state index in [1.165, 1.54) is 12.8 Å². The average molecular weight is 321 g/mol.